The first kappa shape index (κ1) is 17.4. The molecular formula is C17H25N5O3. The van der Waals surface area contributed by atoms with E-state index in [2.05, 4.69) is 20.2 Å². The van der Waals surface area contributed by atoms with Gasteiger partial charge in [0.1, 0.15) is 18.2 Å². The molecule has 0 bridgehead atoms. The number of anilines is 1. The van der Waals surface area contributed by atoms with Crippen LogP contribution in [0.3, 0.4) is 0 Å². The molecule has 2 saturated heterocycles. The molecule has 1 atom stereocenters. The molecule has 0 spiro atoms. The van der Waals surface area contributed by atoms with Gasteiger partial charge in [-0.1, -0.05) is 0 Å². The highest BCUT2D eigenvalue weighted by Gasteiger charge is 2.28. The van der Waals surface area contributed by atoms with Gasteiger partial charge in [0.25, 0.3) is 0 Å². The minimum Gasteiger partial charge on any atom is -0.472 e. The van der Waals surface area contributed by atoms with E-state index in [0.717, 1.165) is 25.3 Å². The van der Waals surface area contributed by atoms with Crippen LogP contribution in [-0.4, -0.2) is 65.5 Å². The molecule has 1 aromatic heterocycles. The number of hydrogen-bond donors (Lipinski definition) is 1. The number of rotatable bonds is 5. The molecule has 0 radical (unpaired) electrons. The number of likely N-dealkylation sites (tertiary alicyclic amines) is 1. The summed E-state index contributed by atoms with van der Waals surface area (Å²) in [6.45, 7) is 4.62. The van der Waals surface area contributed by atoms with E-state index in [9.17, 15) is 9.59 Å². The summed E-state index contributed by atoms with van der Waals surface area (Å²) in [7, 11) is 0. The first-order valence-electron chi connectivity index (χ1n) is 8.87. The monoisotopic (exact) mass is 347 g/mol. The summed E-state index contributed by atoms with van der Waals surface area (Å²) in [5.74, 6) is 1.17. The van der Waals surface area contributed by atoms with Gasteiger partial charge in [0.05, 0.1) is 13.1 Å². The van der Waals surface area contributed by atoms with Crippen LogP contribution in [0.25, 0.3) is 0 Å². The van der Waals surface area contributed by atoms with Crippen LogP contribution >= 0.6 is 0 Å². The third-order valence-corrected chi connectivity index (χ3v) is 4.58. The van der Waals surface area contributed by atoms with Gasteiger partial charge in [-0.2, -0.15) is 0 Å². The Bertz CT molecular complexity index is 618. The van der Waals surface area contributed by atoms with E-state index in [-0.39, 0.29) is 24.5 Å². The van der Waals surface area contributed by atoms with Gasteiger partial charge in [0, 0.05) is 39.0 Å². The summed E-state index contributed by atoms with van der Waals surface area (Å²) in [5.41, 5.74) is 0. The van der Waals surface area contributed by atoms with Gasteiger partial charge in [-0.3, -0.25) is 9.59 Å². The van der Waals surface area contributed by atoms with Gasteiger partial charge in [0.2, 0.25) is 17.7 Å². The van der Waals surface area contributed by atoms with Crippen LogP contribution in [0.1, 0.15) is 32.6 Å². The van der Waals surface area contributed by atoms with Gasteiger partial charge < -0.3 is 19.9 Å². The van der Waals surface area contributed by atoms with Gasteiger partial charge >= 0.3 is 0 Å². The summed E-state index contributed by atoms with van der Waals surface area (Å²) in [6, 6.07) is 1.88. The molecule has 2 fully saturated rings. The van der Waals surface area contributed by atoms with Crippen molar-refractivity contribution in [2.75, 3.05) is 37.6 Å². The zero-order valence-electron chi connectivity index (χ0n) is 14.6. The molecule has 3 heterocycles. The standard InChI is InChI=1S/C17H25N5O3/c1-13(23)18-10-17(24)22-8-5-14(11-22)25-16-9-15(19-12-20-16)21-6-3-2-4-7-21/h9,12,14H,2-8,10-11H2,1H3,(H,18,23). The van der Waals surface area contributed by atoms with Crippen LogP contribution in [0.5, 0.6) is 5.88 Å². The Morgan fingerprint density at radius 2 is 2.04 bits per heavy atom. The van der Waals surface area contributed by atoms with Crippen LogP contribution in [0, 0.1) is 0 Å². The van der Waals surface area contributed by atoms with E-state index in [1.165, 1.54) is 32.5 Å². The van der Waals surface area contributed by atoms with Crippen molar-refractivity contribution in [3.63, 3.8) is 0 Å². The molecule has 1 unspecified atom stereocenters. The molecule has 136 valence electrons. The molecule has 2 amide bonds. The van der Waals surface area contributed by atoms with Crippen molar-refractivity contribution in [3.05, 3.63) is 12.4 Å². The fourth-order valence-corrected chi connectivity index (χ4v) is 3.22. The predicted molar refractivity (Wildman–Crippen MR) is 92.4 cm³/mol. The van der Waals surface area contributed by atoms with Crippen molar-refractivity contribution in [2.45, 2.75) is 38.7 Å². The van der Waals surface area contributed by atoms with Gasteiger partial charge in [0.15, 0.2) is 0 Å². The molecule has 1 N–H and O–H groups in total. The Kier molecular flexibility index (Phi) is 5.67. The fraction of sp³-hybridized carbons (Fsp3) is 0.647. The van der Waals surface area contributed by atoms with Gasteiger partial charge in [-0.25, -0.2) is 9.97 Å². The van der Waals surface area contributed by atoms with E-state index in [1.807, 2.05) is 6.07 Å². The summed E-state index contributed by atoms with van der Waals surface area (Å²) >= 11 is 0. The molecule has 3 rings (SSSR count). The summed E-state index contributed by atoms with van der Waals surface area (Å²) in [4.78, 5) is 35.5. The second-order valence-electron chi connectivity index (χ2n) is 6.54. The molecule has 0 aromatic carbocycles. The zero-order valence-corrected chi connectivity index (χ0v) is 14.6. The van der Waals surface area contributed by atoms with Crippen molar-refractivity contribution >= 4 is 17.6 Å². The molecule has 2 aliphatic rings. The summed E-state index contributed by atoms with van der Waals surface area (Å²) in [5, 5.41) is 2.53. The van der Waals surface area contributed by atoms with Crippen LogP contribution in [0.4, 0.5) is 5.82 Å². The highest BCUT2D eigenvalue weighted by molar-refractivity contribution is 5.83. The molecule has 0 saturated carbocycles. The number of nitrogens with zero attached hydrogens (tertiary/aromatic N) is 4. The largest absolute Gasteiger partial charge is 0.472 e. The topological polar surface area (TPSA) is 87.7 Å². The Morgan fingerprint density at radius 3 is 2.80 bits per heavy atom. The summed E-state index contributed by atoms with van der Waals surface area (Å²) < 4.78 is 5.95. The molecule has 8 nitrogen and oxygen atoms in total. The molecule has 2 aliphatic heterocycles. The van der Waals surface area contributed by atoms with Gasteiger partial charge in [-0.15, -0.1) is 0 Å². The fourth-order valence-electron chi connectivity index (χ4n) is 3.22. The Balaban J connectivity index is 1.53. The van der Waals surface area contributed by atoms with Crippen LogP contribution < -0.4 is 15.0 Å². The first-order valence-corrected chi connectivity index (χ1v) is 8.87. The van der Waals surface area contributed by atoms with Gasteiger partial charge in [-0.05, 0) is 19.3 Å². The number of aromatic nitrogens is 2. The number of carbonyl (C=O) groups excluding carboxylic acids is 2. The maximum absolute atomic E-state index is 12.0. The predicted octanol–water partition coefficient (Wildman–Crippen LogP) is 0.583. The van der Waals surface area contributed by atoms with Crippen molar-refractivity contribution in [3.8, 4) is 5.88 Å². The van der Waals surface area contributed by atoms with Crippen LogP contribution in [0.2, 0.25) is 0 Å². The number of amides is 2. The lowest BCUT2D eigenvalue weighted by Crippen LogP contribution is -2.39. The number of piperidine rings is 1. The summed E-state index contributed by atoms with van der Waals surface area (Å²) in [6.07, 6.45) is 5.87. The van der Waals surface area contributed by atoms with Crippen molar-refractivity contribution < 1.29 is 14.3 Å². The second kappa shape index (κ2) is 8.13. The highest BCUT2D eigenvalue weighted by atomic mass is 16.5. The number of nitrogens with one attached hydrogen (secondary N) is 1. The van der Waals surface area contributed by atoms with E-state index < -0.39 is 0 Å². The quantitative estimate of drug-likeness (QED) is 0.838. The minimum absolute atomic E-state index is 0.0364. The third kappa shape index (κ3) is 4.80. The van der Waals surface area contributed by atoms with Crippen LogP contribution in [-0.2, 0) is 9.59 Å². The second-order valence-corrected chi connectivity index (χ2v) is 6.54. The lowest BCUT2D eigenvalue weighted by molar-refractivity contribution is -0.131. The Morgan fingerprint density at radius 1 is 1.24 bits per heavy atom. The third-order valence-electron chi connectivity index (χ3n) is 4.58. The first-order chi connectivity index (χ1) is 12.1. The van der Waals surface area contributed by atoms with E-state index >= 15 is 0 Å². The maximum atomic E-state index is 12.0. The smallest absolute Gasteiger partial charge is 0.242 e. The number of carbonyl (C=O) groups is 2. The Hall–Kier alpha value is -2.38. The van der Waals surface area contributed by atoms with E-state index in [0.29, 0.717) is 19.0 Å². The molecule has 8 heteroatoms. The van der Waals surface area contributed by atoms with E-state index in [4.69, 9.17) is 4.74 Å². The normalized spacial score (nSPS) is 20.4. The highest BCUT2D eigenvalue weighted by Crippen LogP contribution is 2.22. The van der Waals surface area contributed by atoms with Crippen molar-refractivity contribution in [1.29, 1.82) is 0 Å². The van der Waals surface area contributed by atoms with E-state index in [1.54, 1.807) is 4.90 Å². The maximum Gasteiger partial charge on any atom is 0.242 e. The molecule has 0 aliphatic carbocycles. The SMILES string of the molecule is CC(=O)NCC(=O)N1CCC(Oc2cc(N3CCCCC3)ncn2)C1. The molecule has 1 aromatic rings. The number of hydrogen-bond acceptors (Lipinski definition) is 6. The van der Waals surface area contributed by atoms with Crippen LogP contribution in [0.15, 0.2) is 12.4 Å². The molecular weight excluding hydrogens is 322 g/mol. The zero-order chi connectivity index (χ0) is 17.6. The van der Waals surface area contributed by atoms with Crippen molar-refractivity contribution in [1.82, 2.24) is 20.2 Å². The average Bonchev–Trinajstić information content (AvgIpc) is 3.09. The lowest BCUT2D eigenvalue weighted by Gasteiger charge is -2.27. The average molecular weight is 347 g/mol. The van der Waals surface area contributed by atoms with Crippen molar-refractivity contribution in [2.24, 2.45) is 0 Å². The molecule has 25 heavy (non-hydrogen) atoms. The lowest BCUT2D eigenvalue weighted by atomic mass is 10.1. The number of ether oxygens (including phenoxy) is 1. The minimum atomic E-state index is -0.202. The Labute approximate surface area is 147 Å².